The summed E-state index contributed by atoms with van der Waals surface area (Å²) in [7, 11) is 0. The van der Waals surface area contributed by atoms with Gasteiger partial charge in [-0.15, -0.1) is 0 Å². The van der Waals surface area contributed by atoms with Crippen molar-refractivity contribution in [2.45, 2.75) is 33.2 Å². The Hall–Kier alpha value is -1.51. The third-order valence-electron chi connectivity index (χ3n) is 3.83. The molecule has 0 spiro atoms. The molecule has 98 valence electrons. The van der Waals surface area contributed by atoms with Gasteiger partial charge < -0.3 is 10.6 Å². The molecule has 1 aromatic carbocycles. The van der Waals surface area contributed by atoms with Crippen molar-refractivity contribution in [2.75, 3.05) is 12.3 Å². The van der Waals surface area contributed by atoms with Crippen LogP contribution in [0.25, 0.3) is 0 Å². The van der Waals surface area contributed by atoms with Crippen molar-refractivity contribution >= 4 is 11.6 Å². The maximum Gasteiger partial charge on any atom is 0.225 e. The van der Waals surface area contributed by atoms with E-state index in [9.17, 15) is 4.79 Å². The van der Waals surface area contributed by atoms with E-state index < -0.39 is 0 Å². The van der Waals surface area contributed by atoms with Crippen molar-refractivity contribution in [3.63, 3.8) is 0 Å². The summed E-state index contributed by atoms with van der Waals surface area (Å²) in [6.45, 7) is 5.44. The lowest BCUT2D eigenvalue weighted by Gasteiger charge is -2.25. The minimum absolute atomic E-state index is 0.162. The zero-order valence-electron chi connectivity index (χ0n) is 11.2. The third kappa shape index (κ3) is 2.84. The minimum atomic E-state index is 0.162. The fourth-order valence-electron chi connectivity index (χ4n) is 2.32. The highest BCUT2D eigenvalue weighted by Crippen LogP contribution is 2.37. The SMILES string of the molecule is CCN(Cc1ccccc1N)C(=O)C(C)C1CC1. The van der Waals surface area contributed by atoms with E-state index in [1.165, 1.54) is 12.8 Å². The Morgan fingerprint density at radius 2 is 2.11 bits per heavy atom. The van der Waals surface area contributed by atoms with Gasteiger partial charge in [0.15, 0.2) is 0 Å². The van der Waals surface area contributed by atoms with Crippen LogP contribution in [0.1, 0.15) is 32.3 Å². The second-order valence-corrected chi connectivity index (χ2v) is 5.18. The van der Waals surface area contributed by atoms with Gasteiger partial charge in [0.05, 0.1) is 0 Å². The standard InChI is InChI=1S/C15H22N2O/c1-3-17(15(18)11(2)12-8-9-12)10-13-6-4-5-7-14(13)16/h4-7,11-12H,3,8-10,16H2,1-2H3. The number of carbonyl (C=O) groups is 1. The number of benzene rings is 1. The van der Waals surface area contributed by atoms with E-state index in [0.29, 0.717) is 12.5 Å². The summed E-state index contributed by atoms with van der Waals surface area (Å²) >= 11 is 0. The van der Waals surface area contributed by atoms with Crippen LogP contribution in [0.3, 0.4) is 0 Å². The van der Waals surface area contributed by atoms with Crippen molar-refractivity contribution in [1.82, 2.24) is 4.90 Å². The van der Waals surface area contributed by atoms with Crippen LogP contribution in [-0.2, 0) is 11.3 Å². The molecule has 0 saturated heterocycles. The molecule has 2 N–H and O–H groups in total. The highest BCUT2D eigenvalue weighted by Gasteiger charge is 2.34. The first kappa shape index (κ1) is 12.9. The first-order chi connectivity index (χ1) is 8.63. The summed E-state index contributed by atoms with van der Waals surface area (Å²) in [5.41, 5.74) is 7.74. The number of hydrogen-bond acceptors (Lipinski definition) is 2. The molecule has 0 heterocycles. The van der Waals surface area contributed by atoms with Crippen molar-refractivity contribution in [1.29, 1.82) is 0 Å². The monoisotopic (exact) mass is 246 g/mol. The summed E-state index contributed by atoms with van der Waals surface area (Å²) in [4.78, 5) is 14.3. The normalized spacial score (nSPS) is 16.3. The van der Waals surface area contributed by atoms with Crippen LogP contribution in [0.4, 0.5) is 5.69 Å². The Bertz CT molecular complexity index is 426. The number of amides is 1. The summed E-state index contributed by atoms with van der Waals surface area (Å²) in [6, 6.07) is 7.77. The Balaban J connectivity index is 2.04. The van der Waals surface area contributed by atoms with E-state index in [2.05, 4.69) is 6.92 Å². The number of carbonyl (C=O) groups excluding carboxylic acids is 1. The van der Waals surface area contributed by atoms with Crippen molar-refractivity contribution in [3.05, 3.63) is 29.8 Å². The molecular formula is C15H22N2O. The average molecular weight is 246 g/mol. The lowest BCUT2D eigenvalue weighted by molar-refractivity contribution is -0.136. The highest BCUT2D eigenvalue weighted by atomic mass is 16.2. The van der Waals surface area contributed by atoms with Crippen LogP contribution in [0.5, 0.6) is 0 Å². The lowest BCUT2D eigenvalue weighted by atomic mass is 10.0. The van der Waals surface area contributed by atoms with Gasteiger partial charge in [0.1, 0.15) is 0 Å². The van der Waals surface area contributed by atoms with Crippen LogP contribution in [-0.4, -0.2) is 17.4 Å². The second-order valence-electron chi connectivity index (χ2n) is 5.18. The van der Waals surface area contributed by atoms with Crippen LogP contribution in [0.15, 0.2) is 24.3 Å². The number of rotatable bonds is 5. The lowest BCUT2D eigenvalue weighted by Crippen LogP contribution is -2.35. The molecule has 0 aromatic heterocycles. The van der Waals surface area contributed by atoms with E-state index >= 15 is 0 Å². The maximum absolute atomic E-state index is 12.4. The van der Waals surface area contributed by atoms with Crippen LogP contribution in [0, 0.1) is 11.8 Å². The van der Waals surface area contributed by atoms with E-state index in [1.54, 1.807) is 0 Å². The van der Waals surface area contributed by atoms with Crippen LogP contribution < -0.4 is 5.73 Å². The molecule has 1 atom stereocenters. The van der Waals surface area contributed by atoms with Gasteiger partial charge in [-0.3, -0.25) is 4.79 Å². The largest absolute Gasteiger partial charge is 0.398 e. The Morgan fingerprint density at radius 1 is 1.44 bits per heavy atom. The molecule has 1 aliphatic carbocycles. The smallest absolute Gasteiger partial charge is 0.225 e. The minimum Gasteiger partial charge on any atom is -0.398 e. The fraction of sp³-hybridized carbons (Fsp3) is 0.533. The molecule has 1 amide bonds. The van der Waals surface area contributed by atoms with Crippen molar-refractivity contribution < 1.29 is 4.79 Å². The molecule has 1 aromatic rings. The highest BCUT2D eigenvalue weighted by molar-refractivity contribution is 5.79. The number of nitrogens with zero attached hydrogens (tertiary/aromatic N) is 1. The summed E-state index contributed by atoms with van der Waals surface area (Å²) in [6.07, 6.45) is 2.41. The second kappa shape index (κ2) is 5.42. The molecule has 0 aliphatic heterocycles. The molecule has 18 heavy (non-hydrogen) atoms. The van der Waals surface area contributed by atoms with Gasteiger partial charge in [-0.1, -0.05) is 25.1 Å². The number of para-hydroxylation sites is 1. The Kier molecular flexibility index (Phi) is 3.90. The molecule has 2 rings (SSSR count). The van der Waals surface area contributed by atoms with Gasteiger partial charge in [-0.25, -0.2) is 0 Å². The first-order valence-electron chi connectivity index (χ1n) is 6.75. The predicted molar refractivity (Wildman–Crippen MR) is 73.8 cm³/mol. The van der Waals surface area contributed by atoms with Gasteiger partial charge >= 0.3 is 0 Å². The maximum atomic E-state index is 12.4. The quantitative estimate of drug-likeness (QED) is 0.812. The zero-order valence-corrected chi connectivity index (χ0v) is 11.2. The van der Waals surface area contributed by atoms with Gasteiger partial charge in [-0.05, 0) is 37.3 Å². The van der Waals surface area contributed by atoms with Gasteiger partial charge in [0.2, 0.25) is 5.91 Å². The van der Waals surface area contributed by atoms with Crippen molar-refractivity contribution in [3.8, 4) is 0 Å². The predicted octanol–water partition coefficient (Wildman–Crippen LogP) is 2.66. The van der Waals surface area contributed by atoms with Crippen LogP contribution >= 0.6 is 0 Å². The van der Waals surface area contributed by atoms with Crippen molar-refractivity contribution in [2.24, 2.45) is 11.8 Å². The van der Waals surface area contributed by atoms with E-state index in [4.69, 9.17) is 5.73 Å². The Morgan fingerprint density at radius 3 is 2.67 bits per heavy atom. The molecule has 3 heteroatoms. The molecule has 1 saturated carbocycles. The summed E-state index contributed by atoms with van der Waals surface area (Å²) in [5, 5.41) is 0. The number of hydrogen-bond donors (Lipinski definition) is 1. The fourth-order valence-corrected chi connectivity index (χ4v) is 2.32. The van der Waals surface area contributed by atoms with Crippen LogP contribution in [0.2, 0.25) is 0 Å². The average Bonchev–Trinajstić information content (AvgIpc) is 3.20. The molecule has 0 radical (unpaired) electrons. The zero-order chi connectivity index (χ0) is 13.1. The van der Waals surface area contributed by atoms with E-state index in [0.717, 1.165) is 17.8 Å². The molecule has 1 fully saturated rings. The molecule has 1 unspecified atom stereocenters. The van der Waals surface area contributed by atoms with E-state index in [-0.39, 0.29) is 11.8 Å². The molecule has 0 bridgehead atoms. The molecular weight excluding hydrogens is 224 g/mol. The molecule has 3 nitrogen and oxygen atoms in total. The Labute approximate surface area is 109 Å². The topological polar surface area (TPSA) is 46.3 Å². The number of anilines is 1. The van der Waals surface area contributed by atoms with Gasteiger partial charge in [0, 0.05) is 24.7 Å². The summed E-state index contributed by atoms with van der Waals surface area (Å²) < 4.78 is 0. The van der Waals surface area contributed by atoms with E-state index in [1.807, 2.05) is 36.1 Å². The van der Waals surface area contributed by atoms with Gasteiger partial charge in [-0.2, -0.15) is 0 Å². The third-order valence-corrected chi connectivity index (χ3v) is 3.83. The number of nitrogen functional groups attached to an aromatic ring is 1. The first-order valence-corrected chi connectivity index (χ1v) is 6.75. The number of nitrogens with two attached hydrogens (primary N) is 1. The van der Waals surface area contributed by atoms with Gasteiger partial charge in [0.25, 0.3) is 0 Å². The summed E-state index contributed by atoms with van der Waals surface area (Å²) in [5.74, 6) is 1.04. The molecule has 1 aliphatic rings.